The summed E-state index contributed by atoms with van der Waals surface area (Å²) in [5, 5.41) is 10.5. The summed E-state index contributed by atoms with van der Waals surface area (Å²) in [5.41, 5.74) is 2.19. The third-order valence-electron chi connectivity index (χ3n) is 4.29. The van der Waals surface area contributed by atoms with Gasteiger partial charge in [-0.3, -0.25) is 14.9 Å². The highest BCUT2D eigenvalue weighted by atomic mass is 79.9. The lowest BCUT2D eigenvalue weighted by molar-refractivity contribution is 0.102. The van der Waals surface area contributed by atoms with Crippen LogP contribution in [0.5, 0.6) is 0 Å². The highest BCUT2D eigenvalue weighted by Crippen LogP contribution is 2.24. The maximum Gasteiger partial charge on any atom is 0.278 e. The van der Waals surface area contributed by atoms with E-state index in [1.54, 1.807) is 30.5 Å². The summed E-state index contributed by atoms with van der Waals surface area (Å²) >= 11 is 4.92. The second-order valence-corrected chi connectivity index (χ2v) is 8.26. The molecule has 8 heteroatoms. The van der Waals surface area contributed by atoms with Crippen LogP contribution in [0.2, 0.25) is 0 Å². The summed E-state index contributed by atoms with van der Waals surface area (Å²) in [7, 11) is 0. The Morgan fingerprint density at radius 1 is 1.21 bits per heavy atom. The largest absolute Gasteiger partial charge is 0.296 e. The van der Waals surface area contributed by atoms with Crippen LogP contribution in [0.4, 0.5) is 5.13 Å². The van der Waals surface area contributed by atoms with E-state index in [1.807, 2.05) is 13.0 Å². The van der Waals surface area contributed by atoms with Gasteiger partial charge in [0.05, 0.1) is 5.39 Å². The Labute approximate surface area is 172 Å². The van der Waals surface area contributed by atoms with Gasteiger partial charge >= 0.3 is 0 Å². The number of nitrogens with zero attached hydrogens (tertiary/aromatic N) is 2. The zero-order valence-corrected chi connectivity index (χ0v) is 17.2. The maximum absolute atomic E-state index is 12.7. The van der Waals surface area contributed by atoms with Crippen LogP contribution in [0.25, 0.3) is 10.8 Å². The number of halogens is 1. The van der Waals surface area contributed by atoms with Gasteiger partial charge in [0.2, 0.25) is 0 Å². The van der Waals surface area contributed by atoms with Gasteiger partial charge in [0.1, 0.15) is 0 Å². The van der Waals surface area contributed by atoms with E-state index in [1.165, 1.54) is 22.5 Å². The van der Waals surface area contributed by atoms with E-state index in [-0.39, 0.29) is 11.3 Å². The third kappa shape index (κ3) is 3.74. The standard InChI is InChI=1S/C20H15BrN4O2S/c1-11-8-12(6-7-16(11)21)9-13-10-22-20(28-13)23-19(27)17-14-4-2-3-5-15(14)18(26)25-24-17/h2-8,10H,9H2,1H3,(H,25,26)(H,22,23,27). The molecule has 2 aromatic carbocycles. The molecule has 0 atom stereocenters. The van der Waals surface area contributed by atoms with Crippen molar-refractivity contribution in [1.82, 2.24) is 15.2 Å². The second kappa shape index (κ2) is 7.65. The lowest BCUT2D eigenvalue weighted by Gasteiger charge is -2.04. The van der Waals surface area contributed by atoms with E-state index in [0.29, 0.717) is 15.9 Å². The molecule has 0 aliphatic rings. The Kier molecular flexibility index (Phi) is 5.06. The summed E-state index contributed by atoms with van der Waals surface area (Å²) in [6.07, 6.45) is 2.50. The molecule has 0 saturated heterocycles. The number of hydrogen-bond acceptors (Lipinski definition) is 5. The van der Waals surface area contributed by atoms with Crippen molar-refractivity contribution >= 4 is 49.1 Å². The summed E-state index contributed by atoms with van der Waals surface area (Å²) in [6.45, 7) is 2.05. The topological polar surface area (TPSA) is 87.7 Å². The number of thiazole rings is 1. The molecule has 0 spiro atoms. The van der Waals surface area contributed by atoms with E-state index in [0.717, 1.165) is 15.8 Å². The summed E-state index contributed by atoms with van der Waals surface area (Å²) in [5.74, 6) is -0.409. The van der Waals surface area contributed by atoms with Crippen LogP contribution in [0.15, 0.2) is 57.9 Å². The Hall–Kier alpha value is -2.84. The van der Waals surface area contributed by atoms with Crippen LogP contribution >= 0.6 is 27.3 Å². The average Bonchev–Trinajstić information content (AvgIpc) is 3.12. The smallest absolute Gasteiger partial charge is 0.278 e. The van der Waals surface area contributed by atoms with Crippen molar-refractivity contribution in [2.45, 2.75) is 13.3 Å². The van der Waals surface area contributed by atoms with Gasteiger partial charge in [0.25, 0.3) is 11.5 Å². The molecule has 0 radical (unpaired) electrons. The minimum atomic E-state index is -0.409. The number of benzene rings is 2. The number of aromatic nitrogens is 3. The fourth-order valence-corrected chi connectivity index (χ4v) is 4.00. The van der Waals surface area contributed by atoms with Crippen molar-refractivity contribution in [3.05, 3.63) is 85.2 Å². The number of aromatic amines is 1. The Bertz CT molecular complexity index is 1250. The average molecular weight is 455 g/mol. The molecular weight excluding hydrogens is 440 g/mol. The number of hydrogen-bond donors (Lipinski definition) is 2. The molecule has 140 valence electrons. The molecule has 4 rings (SSSR count). The van der Waals surface area contributed by atoms with Gasteiger partial charge in [0.15, 0.2) is 10.8 Å². The number of carbonyl (C=O) groups is 1. The molecular formula is C20H15BrN4O2S. The quantitative estimate of drug-likeness (QED) is 0.481. The number of aryl methyl sites for hydroxylation is 1. The lowest BCUT2D eigenvalue weighted by atomic mass is 10.1. The molecule has 2 N–H and O–H groups in total. The van der Waals surface area contributed by atoms with E-state index >= 15 is 0 Å². The Balaban J connectivity index is 1.54. The zero-order valence-electron chi connectivity index (χ0n) is 14.8. The maximum atomic E-state index is 12.7. The number of amides is 1. The molecule has 0 unspecified atom stereocenters. The molecule has 2 heterocycles. The highest BCUT2D eigenvalue weighted by molar-refractivity contribution is 9.10. The van der Waals surface area contributed by atoms with E-state index in [9.17, 15) is 9.59 Å². The van der Waals surface area contributed by atoms with Crippen LogP contribution in [0.1, 0.15) is 26.5 Å². The monoisotopic (exact) mass is 454 g/mol. The lowest BCUT2D eigenvalue weighted by Crippen LogP contribution is -2.19. The first kappa shape index (κ1) is 18.5. The fourth-order valence-electron chi connectivity index (χ4n) is 2.91. The summed E-state index contributed by atoms with van der Waals surface area (Å²) in [4.78, 5) is 29.9. The molecule has 1 amide bonds. The van der Waals surface area contributed by atoms with Crippen LogP contribution < -0.4 is 10.9 Å². The zero-order chi connectivity index (χ0) is 19.7. The number of nitrogens with one attached hydrogen (secondary N) is 2. The van der Waals surface area contributed by atoms with Gasteiger partial charge in [0, 0.05) is 27.4 Å². The number of rotatable bonds is 4. The van der Waals surface area contributed by atoms with Gasteiger partial charge in [-0.05, 0) is 30.2 Å². The molecule has 2 aromatic heterocycles. The van der Waals surface area contributed by atoms with E-state index < -0.39 is 5.91 Å². The SMILES string of the molecule is Cc1cc(Cc2cnc(NC(=O)c3n[nH]c(=O)c4ccccc34)s2)ccc1Br. The van der Waals surface area contributed by atoms with Crippen LogP contribution in [0, 0.1) is 6.92 Å². The van der Waals surface area contributed by atoms with E-state index in [2.05, 4.69) is 48.6 Å². The van der Waals surface area contributed by atoms with Crippen molar-refractivity contribution in [3.63, 3.8) is 0 Å². The van der Waals surface area contributed by atoms with Crippen LogP contribution in [-0.2, 0) is 6.42 Å². The van der Waals surface area contributed by atoms with Crippen LogP contribution in [0.3, 0.4) is 0 Å². The van der Waals surface area contributed by atoms with Crippen LogP contribution in [-0.4, -0.2) is 21.1 Å². The number of carbonyl (C=O) groups excluding carboxylic acids is 1. The Morgan fingerprint density at radius 2 is 2.00 bits per heavy atom. The number of fused-ring (bicyclic) bond motifs is 1. The normalized spacial score (nSPS) is 10.9. The number of H-pyrrole nitrogens is 1. The van der Waals surface area contributed by atoms with Crippen molar-refractivity contribution < 1.29 is 4.79 Å². The Morgan fingerprint density at radius 3 is 2.79 bits per heavy atom. The predicted molar refractivity (Wildman–Crippen MR) is 114 cm³/mol. The minimum absolute atomic E-state index is 0.162. The van der Waals surface area contributed by atoms with Gasteiger partial charge in [-0.2, -0.15) is 5.10 Å². The molecule has 0 fully saturated rings. The van der Waals surface area contributed by atoms with Crippen molar-refractivity contribution in [3.8, 4) is 0 Å². The minimum Gasteiger partial charge on any atom is -0.296 e. The molecule has 6 nitrogen and oxygen atoms in total. The first-order valence-electron chi connectivity index (χ1n) is 8.50. The van der Waals surface area contributed by atoms with E-state index in [4.69, 9.17) is 0 Å². The second-order valence-electron chi connectivity index (χ2n) is 6.29. The van der Waals surface area contributed by atoms with Gasteiger partial charge in [-0.25, -0.2) is 10.1 Å². The fraction of sp³-hybridized carbons (Fsp3) is 0.100. The number of anilines is 1. The summed E-state index contributed by atoms with van der Waals surface area (Å²) in [6, 6.07) is 13.1. The van der Waals surface area contributed by atoms with Gasteiger partial charge < -0.3 is 0 Å². The first-order chi connectivity index (χ1) is 13.5. The summed E-state index contributed by atoms with van der Waals surface area (Å²) < 4.78 is 1.08. The van der Waals surface area contributed by atoms with Crippen molar-refractivity contribution in [1.29, 1.82) is 0 Å². The van der Waals surface area contributed by atoms with Gasteiger partial charge in [-0.15, -0.1) is 11.3 Å². The molecule has 0 saturated carbocycles. The first-order valence-corrected chi connectivity index (χ1v) is 10.1. The predicted octanol–water partition coefficient (Wildman–Crippen LogP) is 4.29. The van der Waals surface area contributed by atoms with Crippen molar-refractivity contribution in [2.24, 2.45) is 0 Å². The molecule has 28 heavy (non-hydrogen) atoms. The highest BCUT2D eigenvalue weighted by Gasteiger charge is 2.15. The third-order valence-corrected chi connectivity index (χ3v) is 6.09. The van der Waals surface area contributed by atoms with Crippen molar-refractivity contribution in [2.75, 3.05) is 5.32 Å². The molecule has 0 bridgehead atoms. The van der Waals surface area contributed by atoms with Gasteiger partial charge in [-0.1, -0.05) is 46.3 Å². The molecule has 0 aliphatic heterocycles. The molecule has 4 aromatic rings. The molecule has 0 aliphatic carbocycles.